The fraction of sp³-hybridized carbons (Fsp3) is 0.143. The third-order valence-corrected chi connectivity index (χ3v) is 3.37. The molecular formula is C7H5BrN2O3S. The van der Waals surface area contributed by atoms with Crippen LogP contribution in [0.2, 0.25) is 0 Å². The highest BCUT2D eigenvalue weighted by Gasteiger charge is 2.18. The molecule has 0 aromatic carbocycles. The minimum absolute atomic E-state index is 0.112. The predicted octanol–water partition coefficient (Wildman–Crippen LogP) is 2.09. The van der Waals surface area contributed by atoms with Crippen LogP contribution in [-0.2, 0) is 0 Å². The maximum atomic E-state index is 10.7. The number of ether oxygens (including phenoxy) is 1. The number of carboxylic acid groups (broad SMARTS) is 1. The molecule has 0 fully saturated rings. The van der Waals surface area contributed by atoms with Crippen LogP contribution in [0.1, 0.15) is 10.5 Å². The Labute approximate surface area is 90.8 Å². The van der Waals surface area contributed by atoms with E-state index in [1.165, 1.54) is 18.4 Å². The average molecular weight is 277 g/mol. The summed E-state index contributed by atoms with van der Waals surface area (Å²) in [5.41, 5.74) is 0.700. The number of methoxy groups -OCH3 is 1. The summed E-state index contributed by atoms with van der Waals surface area (Å²) < 4.78 is 5.39. The molecule has 0 saturated carbocycles. The van der Waals surface area contributed by atoms with Crippen LogP contribution in [0.3, 0.4) is 0 Å². The number of nitrogens with zero attached hydrogens (tertiary/aromatic N) is 1. The van der Waals surface area contributed by atoms with Crippen molar-refractivity contribution in [3.63, 3.8) is 0 Å². The van der Waals surface area contributed by atoms with Gasteiger partial charge in [0.2, 0.25) is 0 Å². The van der Waals surface area contributed by atoms with Crippen molar-refractivity contribution >= 4 is 43.6 Å². The molecule has 0 saturated heterocycles. The molecule has 0 radical (unpaired) electrons. The van der Waals surface area contributed by atoms with Crippen LogP contribution in [0.25, 0.3) is 10.3 Å². The molecule has 0 aliphatic rings. The number of nitrogens with one attached hydrogen (secondary N) is 1. The van der Waals surface area contributed by atoms with Crippen LogP contribution in [0.15, 0.2) is 4.47 Å². The van der Waals surface area contributed by atoms with Gasteiger partial charge < -0.3 is 14.8 Å². The Hall–Kier alpha value is -1.08. The molecular weight excluding hydrogens is 272 g/mol. The first-order valence-corrected chi connectivity index (χ1v) is 5.19. The van der Waals surface area contributed by atoms with Crippen molar-refractivity contribution < 1.29 is 14.6 Å². The molecule has 0 aliphatic carbocycles. The summed E-state index contributed by atoms with van der Waals surface area (Å²) in [6, 6.07) is 0. The van der Waals surface area contributed by atoms with Gasteiger partial charge in [0.1, 0.15) is 16.0 Å². The molecule has 2 N–H and O–H groups in total. The number of H-pyrrole nitrogens is 1. The largest absolute Gasteiger partial charge is 0.477 e. The first-order valence-electron chi connectivity index (χ1n) is 3.58. The quantitative estimate of drug-likeness (QED) is 0.881. The summed E-state index contributed by atoms with van der Waals surface area (Å²) in [6.07, 6.45) is 0. The highest BCUT2D eigenvalue weighted by molar-refractivity contribution is 9.10. The predicted molar refractivity (Wildman–Crippen MR) is 55.2 cm³/mol. The molecule has 2 aromatic heterocycles. The fourth-order valence-corrected chi connectivity index (χ4v) is 2.53. The minimum atomic E-state index is -1.01. The summed E-state index contributed by atoms with van der Waals surface area (Å²) in [4.78, 5) is 18.3. The number of aromatic amines is 1. The van der Waals surface area contributed by atoms with Crippen LogP contribution in [-0.4, -0.2) is 28.2 Å². The number of carboxylic acids is 1. The first-order chi connectivity index (χ1) is 6.63. The zero-order chi connectivity index (χ0) is 10.3. The average Bonchev–Trinajstić information content (AvgIpc) is 2.65. The lowest BCUT2D eigenvalue weighted by atomic mass is 10.4. The SMILES string of the molecule is COc1nc2c(Br)c(C(=O)O)[nH]c2s1. The Balaban J connectivity index is 2.66. The molecule has 7 heteroatoms. The van der Waals surface area contributed by atoms with Crippen molar-refractivity contribution in [2.75, 3.05) is 7.11 Å². The number of hydrogen-bond donors (Lipinski definition) is 2. The molecule has 0 unspecified atom stereocenters. The Bertz CT molecular complexity index is 504. The second-order valence-electron chi connectivity index (χ2n) is 2.48. The molecule has 74 valence electrons. The highest BCUT2D eigenvalue weighted by atomic mass is 79.9. The molecule has 2 aromatic rings. The number of rotatable bonds is 2. The van der Waals surface area contributed by atoms with E-state index >= 15 is 0 Å². The van der Waals surface area contributed by atoms with Gasteiger partial charge in [0.15, 0.2) is 0 Å². The summed E-state index contributed by atoms with van der Waals surface area (Å²) in [7, 11) is 1.52. The number of aromatic nitrogens is 2. The van der Waals surface area contributed by atoms with Gasteiger partial charge >= 0.3 is 5.97 Å². The van der Waals surface area contributed by atoms with E-state index in [1.807, 2.05) is 0 Å². The lowest BCUT2D eigenvalue weighted by Gasteiger charge is -1.90. The molecule has 0 aliphatic heterocycles. The summed E-state index contributed by atoms with van der Waals surface area (Å²) >= 11 is 4.44. The number of carbonyl (C=O) groups is 1. The van der Waals surface area contributed by atoms with Crippen molar-refractivity contribution in [1.29, 1.82) is 0 Å². The maximum absolute atomic E-state index is 10.7. The molecule has 2 heterocycles. The minimum Gasteiger partial charge on any atom is -0.477 e. The van der Waals surface area contributed by atoms with E-state index in [-0.39, 0.29) is 5.69 Å². The van der Waals surface area contributed by atoms with Crippen LogP contribution >= 0.6 is 27.3 Å². The monoisotopic (exact) mass is 276 g/mol. The van der Waals surface area contributed by atoms with Gasteiger partial charge in [-0.3, -0.25) is 0 Å². The van der Waals surface area contributed by atoms with Crippen LogP contribution in [0.4, 0.5) is 0 Å². The third-order valence-electron chi connectivity index (χ3n) is 1.66. The first kappa shape index (κ1) is 9.47. The van der Waals surface area contributed by atoms with Gasteiger partial charge in [-0.15, -0.1) is 0 Å². The number of thiazole rings is 1. The van der Waals surface area contributed by atoms with Gasteiger partial charge in [0.05, 0.1) is 11.6 Å². The second-order valence-corrected chi connectivity index (χ2v) is 4.24. The number of fused-ring (bicyclic) bond motifs is 1. The van der Waals surface area contributed by atoms with E-state index in [1.54, 1.807) is 0 Å². The van der Waals surface area contributed by atoms with Gasteiger partial charge in [0, 0.05) is 0 Å². The number of halogens is 1. The number of aromatic carboxylic acids is 1. The van der Waals surface area contributed by atoms with E-state index in [0.29, 0.717) is 20.0 Å². The van der Waals surface area contributed by atoms with Crippen molar-refractivity contribution in [2.24, 2.45) is 0 Å². The molecule has 0 atom stereocenters. The zero-order valence-corrected chi connectivity index (χ0v) is 9.40. The fourth-order valence-electron chi connectivity index (χ4n) is 1.06. The van der Waals surface area contributed by atoms with E-state index in [0.717, 1.165) is 0 Å². The molecule has 5 nitrogen and oxygen atoms in total. The molecule has 0 amide bonds. The smallest absolute Gasteiger partial charge is 0.353 e. The van der Waals surface area contributed by atoms with Crippen LogP contribution < -0.4 is 4.74 Å². The lowest BCUT2D eigenvalue weighted by molar-refractivity contribution is 0.0690. The maximum Gasteiger partial charge on any atom is 0.353 e. The van der Waals surface area contributed by atoms with Crippen molar-refractivity contribution in [1.82, 2.24) is 9.97 Å². The van der Waals surface area contributed by atoms with Crippen molar-refractivity contribution in [3.8, 4) is 5.19 Å². The molecule has 0 spiro atoms. The zero-order valence-electron chi connectivity index (χ0n) is 7.00. The van der Waals surface area contributed by atoms with Crippen LogP contribution in [0.5, 0.6) is 5.19 Å². The summed E-state index contributed by atoms with van der Waals surface area (Å²) in [5.74, 6) is -1.01. The number of hydrogen-bond acceptors (Lipinski definition) is 4. The van der Waals surface area contributed by atoms with Gasteiger partial charge in [0.25, 0.3) is 5.19 Å². The second kappa shape index (κ2) is 3.25. The standard InChI is InChI=1S/C7H5BrN2O3S/c1-13-7-10-3-2(8)4(6(11)12)9-5(3)14-7/h9H,1H3,(H,11,12). The van der Waals surface area contributed by atoms with E-state index in [4.69, 9.17) is 9.84 Å². The Morgan fingerprint density at radius 3 is 2.93 bits per heavy atom. The molecule has 2 rings (SSSR count). The van der Waals surface area contributed by atoms with E-state index in [9.17, 15) is 4.79 Å². The van der Waals surface area contributed by atoms with Gasteiger partial charge in [-0.05, 0) is 15.9 Å². The van der Waals surface area contributed by atoms with Crippen LogP contribution in [0, 0.1) is 0 Å². The Kier molecular flexibility index (Phi) is 2.20. The van der Waals surface area contributed by atoms with Gasteiger partial charge in [-0.1, -0.05) is 11.3 Å². The van der Waals surface area contributed by atoms with E-state index < -0.39 is 5.97 Å². The summed E-state index contributed by atoms with van der Waals surface area (Å²) in [5, 5.41) is 9.30. The highest BCUT2D eigenvalue weighted by Crippen LogP contribution is 2.34. The van der Waals surface area contributed by atoms with Gasteiger partial charge in [-0.25, -0.2) is 4.79 Å². The lowest BCUT2D eigenvalue weighted by Crippen LogP contribution is -1.96. The summed E-state index contributed by atoms with van der Waals surface area (Å²) in [6.45, 7) is 0. The Morgan fingerprint density at radius 1 is 1.71 bits per heavy atom. The van der Waals surface area contributed by atoms with Crippen molar-refractivity contribution in [2.45, 2.75) is 0 Å². The van der Waals surface area contributed by atoms with Crippen molar-refractivity contribution in [3.05, 3.63) is 10.2 Å². The third kappa shape index (κ3) is 1.28. The molecule has 0 bridgehead atoms. The van der Waals surface area contributed by atoms with Gasteiger partial charge in [-0.2, -0.15) is 4.98 Å². The van der Waals surface area contributed by atoms with E-state index in [2.05, 4.69) is 25.9 Å². The molecule has 14 heavy (non-hydrogen) atoms. The topological polar surface area (TPSA) is 75.2 Å². The normalized spacial score (nSPS) is 10.7. The Morgan fingerprint density at radius 2 is 2.43 bits per heavy atom.